The highest BCUT2D eigenvalue weighted by Crippen LogP contribution is 2.38. The van der Waals surface area contributed by atoms with Crippen LogP contribution in [0.3, 0.4) is 0 Å². The maximum absolute atomic E-state index is 12.2. The molecule has 1 aromatic heterocycles. The quantitative estimate of drug-likeness (QED) is 0.407. The third-order valence-electron chi connectivity index (χ3n) is 3.80. The zero-order valence-electron chi connectivity index (χ0n) is 13.0. The van der Waals surface area contributed by atoms with Crippen LogP contribution in [-0.2, 0) is 9.53 Å². The van der Waals surface area contributed by atoms with Gasteiger partial charge in [0.15, 0.2) is 5.70 Å². The number of cyclic esters (lactones) is 1. The molecule has 0 atom stereocenters. The Morgan fingerprint density at radius 3 is 2.76 bits per heavy atom. The monoisotopic (exact) mass is 387 g/mol. The number of nitrogens with zero attached hydrogens (tertiary/aromatic N) is 1. The van der Waals surface area contributed by atoms with Crippen LogP contribution in [0.5, 0.6) is 0 Å². The zero-order chi connectivity index (χ0) is 17.6. The van der Waals surface area contributed by atoms with E-state index in [9.17, 15) is 4.79 Å². The SMILES string of the molecule is Cc1ccc2c(Cl)c(C3=N/C(=C\c4ccccc4Cl)C(=O)O3)sc2c1. The molecule has 0 N–H and O–H groups in total. The standard InChI is InChI=1S/C19H11Cl2NO2S/c1-10-6-7-12-15(8-10)25-17(16(12)21)18-22-14(19(23)24-18)9-11-4-2-3-5-13(11)20/h2-9H,1H3/b14-9-. The van der Waals surface area contributed by atoms with Gasteiger partial charge in [0.2, 0.25) is 5.90 Å². The second-order valence-corrected chi connectivity index (χ2v) is 7.44. The van der Waals surface area contributed by atoms with Crippen molar-refractivity contribution in [3.8, 4) is 0 Å². The van der Waals surface area contributed by atoms with Crippen molar-refractivity contribution in [1.29, 1.82) is 0 Å². The number of aryl methyl sites for hydroxylation is 1. The molecule has 0 spiro atoms. The minimum Gasteiger partial charge on any atom is -0.401 e. The molecule has 2 aromatic carbocycles. The van der Waals surface area contributed by atoms with Gasteiger partial charge < -0.3 is 4.74 Å². The molecular formula is C19H11Cl2NO2S. The largest absolute Gasteiger partial charge is 0.401 e. The van der Waals surface area contributed by atoms with Crippen molar-refractivity contribution in [1.82, 2.24) is 0 Å². The lowest BCUT2D eigenvalue weighted by Crippen LogP contribution is -2.04. The number of carbonyl (C=O) groups excluding carboxylic acids is 1. The fourth-order valence-electron chi connectivity index (χ4n) is 2.56. The Balaban J connectivity index is 1.78. The van der Waals surface area contributed by atoms with Crippen molar-refractivity contribution in [3.05, 3.63) is 74.2 Å². The first-order chi connectivity index (χ1) is 12.0. The maximum atomic E-state index is 12.2. The molecule has 0 amide bonds. The van der Waals surface area contributed by atoms with E-state index in [2.05, 4.69) is 4.99 Å². The van der Waals surface area contributed by atoms with E-state index in [1.165, 1.54) is 11.3 Å². The van der Waals surface area contributed by atoms with Crippen molar-refractivity contribution in [2.24, 2.45) is 4.99 Å². The molecule has 0 saturated carbocycles. The van der Waals surface area contributed by atoms with Gasteiger partial charge in [-0.3, -0.25) is 0 Å². The van der Waals surface area contributed by atoms with Gasteiger partial charge in [0.1, 0.15) is 4.88 Å². The normalized spacial score (nSPS) is 15.7. The summed E-state index contributed by atoms with van der Waals surface area (Å²) >= 11 is 14.1. The number of hydrogen-bond acceptors (Lipinski definition) is 4. The van der Waals surface area contributed by atoms with Gasteiger partial charge in [-0.1, -0.05) is 53.5 Å². The van der Waals surface area contributed by atoms with Crippen LogP contribution in [-0.4, -0.2) is 11.9 Å². The lowest BCUT2D eigenvalue weighted by molar-refractivity contribution is -0.129. The second-order valence-electron chi connectivity index (χ2n) is 5.60. The van der Waals surface area contributed by atoms with Gasteiger partial charge in [-0.2, -0.15) is 0 Å². The zero-order valence-corrected chi connectivity index (χ0v) is 15.4. The number of rotatable bonds is 2. The van der Waals surface area contributed by atoms with Crippen molar-refractivity contribution in [2.45, 2.75) is 6.92 Å². The molecule has 0 unspecified atom stereocenters. The van der Waals surface area contributed by atoms with Crippen molar-refractivity contribution < 1.29 is 9.53 Å². The van der Waals surface area contributed by atoms with E-state index < -0.39 is 5.97 Å². The third-order valence-corrected chi connectivity index (χ3v) is 5.79. The van der Waals surface area contributed by atoms with Crippen LogP contribution in [0.2, 0.25) is 10.0 Å². The first-order valence-corrected chi connectivity index (χ1v) is 9.06. The fourth-order valence-corrected chi connectivity index (χ4v) is 4.28. The van der Waals surface area contributed by atoms with Crippen LogP contribution < -0.4 is 0 Å². The molecule has 3 aromatic rings. The predicted molar refractivity (Wildman–Crippen MR) is 104 cm³/mol. The maximum Gasteiger partial charge on any atom is 0.363 e. The molecule has 6 heteroatoms. The van der Waals surface area contributed by atoms with E-state index in [1.54, 1.807) is 12.1 Å². The summed E-state index contributed by atoms with van der Waals surface area (Å²) in [6, 6.07) is 13.2. The third kappa shape index (κ3) is 2.97. The number of thiophene rings is 1. The Kier molecular flexibility index (Phi) is 4.12. The van der Waals surface area contributed by atoms with Gasteiger partial charge in [0, 0.05) is 15.1 Å². The number of carbonyl (C=O) groups is 1. The summed E-state index contributed by atoms with van der Waals surface area (Å²) in [6.45, 7) is 2.02. The average molecular weight is 388 g/mol. The van der Waals surface area contributed by atoms with Crippen molar-refractivity contribution in [3.63, 3.8) is 0 Å². The first-order valence-electron chi connectivity index (χ1n) is 7.49. The lowest BCUT2D eigenvalue weighted by Gasteiger charge is -1.96. The molecule has 124 valence electrons. The number of esters is 1. The van der Waals surface area contributed by atoms with Gasteiger partial charge in [0.25, 0.3) is 0 Å². The molecule has 4 rings (SSSR count). The molecule has 2 heterocycles. The number of aliphatic imine (C=N–C) groups is 1. The number of ether oxygens (including phenoxy) is 1. The molecule has 25 heavy (non-hydrogen) atoms. The van der Waals surface area contributed by atoms with E-state index in [-0.39, 0.29) is 11.6 Å². The predicted octanol–water partition coefficient (Wildman–Crippen LogP) is 5.86. The van der Waals surface area contributed by atoms with E-state index >= 15 is 0 Å². The lowest BCUT2D eigenvalue weighted by atomic mass is 10.2. The number of benzene rings is 2. The van der Waals surface area contributed by atoms with E-state index in [1.807, 2.05) is 43.3 Å². The first kappa shape index (κ1) is 16.3. The molecule has 1 aliphatic rings. The van der Waals surface area contributed by atoms with Gasteiger partial charge in [-0.05, 0) is 36.3 Å². The Bertz CT molecular complexity index is 1080. The second kappa shape index (κ2) is 6.30. The summed E-state index contributed by atoms with van der Waals surface area (Å²) in [5.74, 6) is -0.285. The Labute approximate surface area is 158 Å². The van der Waals surface area contributed by atoms with Gasteiger partial charge in [-0.15, -0.1) is 11.3 Å². The van der Waals surface area contributed by atoms with Crippen LogP contribution in [0, 0.1) is 6.92 Å². The van der Waals surface area contributed by atoms with Crippen LogP contribution >= 0.6 is 34.5 Å². The van der Waals surface area contributed by atoms with Crippen LogP contribution in [0.15, 0.2) is 53.2 Å². The van der Waals surface area contributed by atoms with E-state index in [0.717, 1.165) is 15.6 Å². The highest BCUT2D eigenvalue weighted by molar-refractivity contribution is 7.21. The molecular weight excluding hydrogens is 377 g/mol. The van der Waals surface area contributed by atoms with Gasteiger partial charge in [-0.25, -0.2) is 9.79 Å². The molecule has 0 fully saturated rings. The minimum absolute atomic E-state index is 0.202. The summed E-state index contributed by atoms with van der Waals surface area (Å²) in [7, 11) is 0. The number of halogens is 2. The minimum atomic E-state index is -0.514. The molecule has 0 aliphatic carbocycles. The summed E-state index contributed by atoms with van der Waals surface area (Å²) in [5.41, 5.74) is 2.05. The van der Waals surface area contributed by atoms with Crippen LogP contribution in [0.25, 0.3) is 16.2 Å². The van der Waals surface area contributed by atoms with Gasteiger partial charge in [0.05, 0.1) is 5.02 Å². The smallest absolute Gasteiger partial charge is 0.363 e. The van der Waals surface area contributed by atoms with Crippen LogP contribution in [0.4, 0.5) is 0 Å². The van der Waals surface area contributed by atoms with Gasteiger partial charge >= 0.3 is 5.97 Å². The number of hydrogen-bond donors (Lipinski definition) is 0. The Morgan fingerprint density at radius 1 is 1.16 bits per heavy atom. The Hall–Kier alpha value is -2.14. The Morgan fingerprint density at radius 2 is 1.96 bits per heavy atom. The number of fused-ring (bicyclic) bond motifs is 1. The molecule has 1 aliphatic heterocycles. The van der Waals surface area contributed by atoms with Crippen molar-refractivity contribution in [2.75, 3.05) is 0 Å². The summed E-state index contributed by atoms with van der Waals surface area (Å²) in [5, 5.41) is 2.02. The average Bonchev–Trinajstić information content (AvgIpc) is 3.10. The van der Waals surface area contributed by atoms with Crippen molar-refractivity contribution >= 4 is 62.6 Å². The molecule has 0 bridgehead atoms. The highest BCUT2D eigenvalue weighted by Gasteiger charge is 2.28. The van der Waals surface area contributed by atoms with E-state index in [4.69, 9.17) is 27.9 Å². The highest BCUT2D eigenvalue weighted by atomic mass is 35.5. The summed E-state index contributed by atoms with van der Waals surface area (Å²) < 4.78 is 6.37. The fraction of sp³-hybridized carbons (Fsp3) is 0.0526. The van der Waals surface area contributed by atoms with Crippen LogP contribution in [0.1, 0.15) is 16.0 Å². The van der Waals surface area contributed by atoms with E-state index in [0.29, 0.717) is 20.5 Å². The molecule has 0 radical (unpaired) electrons. The molecule has 3 nitrogen and oxygen atoms in total. The molecule has 0 saturated heterocycles. The summed E-state index contributed by atoms with van der Waals surface area (Å²) in [4.78, 5) is 17.1. The summed E-state index contributed by atoms with van der Waals surface area (Å²) in [6.07, 6.45) is 1.61. The topological polar surface area (TPSA) is 38.7 Å².